The molecule has 1 heterocycles. The maximum absolute atomic E-state index is 3.64. The Hall–Kier alpha value is -0.0400. The van der Waals surface area contributed by atoms with Crippen molar-refractivity contribution in [2.45, 2.75) is 38.5 Å². The second kappa shape index (κ2) is 2.55. The molecule has 4 bridgehead atoms. The highest BCUT2D eigenvalue weighted by atomic mass is 14.9. The van der Waals surface area contributed by atoms with Gasteiger partial charge in [-0.15, -0.1) is 0 Å². The first-order valence-electron chi connectivity index (χ1n) is 6.56. The van der Waals surface area contributed by atoms with E-state index in [9.17, 15) is 0 Å². The third-order valence-electron chi connectivity index (χ3n) is 5.85. The molecule has 0 amide bonds. The number of hydrogen-bond donors (Lipinski definition) is 1. The fraction of sp³-hybridized carbons (Fsp3) is 1.00. The van der Waals surface area contributed by atoms with E-state index in [2.05, 4.69) is 5.32 Å². The van der Waals surface area contributed by atoms with E-state index < -0.39 is 0 Å². The fourth-order valence-corrected chi connectivity index (χ4v) is 5.68. The Morgan fingerprint density at radius 3 is 2.57 bits per heavy atom. The number of rotatable bonds is 0. The third kappa shape index (κ3) is 0.900. The first kappa shape index (κ1) is 8.15. The van der Waals surface area contributed by atoms with Crippen LogP contribution in [-0.2, 0) is 0 Å². The summed E-state index contributed by atoms with van der Waals surface area (Å²) in [6.07, 6.45) is 9.48. The predicted octanol–water partition coefficient (Wildman–Crippen LogP) is 2.42. The molecule has 1 saturated heterocycles. The Bertz CT molecular complexity index is 246. The lowest BCUT2D eigenvalue weighted by atomic mass is 9.43. The van der Waals surface area contributed by atoms with Gasteiger partial charge < -0.3 is 5.32 Å². The third-order valence-corrected chi connectivity index (χ3v) is 5.85. The van der Waals surface area contributed by atoms with Crippen molar-refractivity contribution in [2.24, 2.45) is 29.1 Å². The lowest BCUT2D eigenvalue weighted by Gasteiger charge is -2.63. The summed E-state index contributed by atoms with van der Waals surface area (Å²) >= 11 is 0. The van der Waals surface area contributed by atoms with Gasteiger partial charge in [0.15, 0.2) is 0 Å². The molecule has 14 heavy (non-hydrogen) atoms. The zero-order chi connectivity index (χ0) is 9.17. The van der Waals surface area contributed by atoms with Crippen LogP contribution in [0.4, 0.5) is 0 Å². The number of nitrogens with one attached hydrogen (secondary N) is 1. The van der Waals surface area contributed by atoms with E-state index >= 15 is 0 Å². The van der Waals surface area contributed by atoms with Gasteiger partial charge >= 0.3 is 0 Å². The molecule has 5 fully saturated rings. The molecule has 3 unspecified atom stereocenters. The molecule has 1 nitrogen and oxygen atoms in total. The summed E-state index contributed by atoms with van der Waals surface area (Å²) in [4.78, 5) is 0. The summed E-state index contributed by atoms with van der Waals surface area (Å²) in [5.41, 5.74) is 0.833. The molecule has 0 aromatic heterocycles. The van der Waals surface area contributed by atoms with E-state index in [0.29, 0.717) is 0 Å². The molecule has 5 rings (SSSR count). The van der Waals surface area contributed by atoms with Crippen LogP contribution in [0, 0.1) is 29.1 Å². The van der Waals surface area contributed by atoms with Crippen LogP contribution in [0.15, 0.2) is 0 Å². The van der Waals surface area contributed by atoms with E-state index in [0.717, 1.165) is 29.1 Å². The van der Waals surface area contributed by atoms with Gasteiger partial charge in [-0.25, -0.2) is 0 Å². The Morgan fingerprint density at radius 1 is 1.00 bits per heavy atom. The van der Waals surface area contributed by atoms with Gasteiger partial charge in [0.25, 0.3) is 0 Å². The largest absolute Gasteiger partial charge is 0.316 e. The van der Waals surface area contributed by atoms with Crippen molar-refractivity contribution in [3.63, 3.8) is 0 Å². The highest BCUT2D eigenvalue weighted by Gasteiger charge is 2.56. The van der Waals surface area contributed by atoms with Crippen LogP contribution >= 0.6 is 0 Å². The van der Waals surface area contributed by atoms with Gasteiger partial charge in [-0.2, -0.15) is 0 Å². The van der Waals surface area contributed by atoms with Gasteiger partial charge in [0.2, 0.25) is 0 Å². The zero-order valence-corrected chi connectivity index (χ0v) is 8.97. The quantitative estimate of drug-likeness (QED) is 0.620. The highest BCUT2D eigenvalue weighted by molar-refractivity contribution is 5.07. The van der Waals surface area contributed by atoms with Crippen LogP contribution in [0.2, 0.25) is 0 Å². The maximum Gasteiger partial charge on any atom is -0.00125 e. The molecule has 5 aliphatic rings. The Morgan fingerprint density at radius 2 is 1.79 bits per heavy atom. The van der Waals surface area contributed by atoms with Gasteiger partial charge in [0.1, 0.15) is 0 Å². The van der Waals surface area contributed by atoms with Crippen molar-refractivity contribution in [3.8, 4) is 0 Å². The van der Waals surface area contributed by atoms with Crippen molar-refractivity contribution >= 4 is 0 Å². The Kier molecular flexibility index (Phi) is 1.49. The zero-order valence-electron chi connectivity index (χ0n) is 8.97. The summed E-state index contributed by atoms with van der Waals surface area (Å²) in [7, 11) is 0. The van der Waals surface area contributed by atoms with E-state index in [1.54, 1.807) is 32.1 Å². The molecule has 1 spiro atoms. The van der Waals surface area contributed by atoms with Gasteiger partial charge in [0.05, 0.1) is 0 Å². The van der Waals surface area contributed by atoms with E-state index in [1.165, 1.54) is 19.5 Å². The molecule has 4 aliphatic carbocycles. The predicted molar refractivity (Wildman–Crippen MR) is 57.0 cm³/mol. The van der Waals surface area contributed by atoms with Crippen LogP contribution in [0.1, 0.15) is 38.5 Å². The van der Waals surface area contributed by atoms with Crippen molar-refractivity contribution in [1.29, 1.82) is 0 Å². The topological polar surface area (TPSA) is 12.0 Å². The number of piperidine rings is 1. The minimum Gasteiger partial charge on any atom is -0.316 e. The molecule has 0 aromatic carbocycles. The number of hydrogen-bond acceptors (Lipinski definition) is 1. The van der Waals surface area contributed by atoms with E-state index in [4.69, 9.17) is 0 Å². The summed E-state index contributed by atoms with van der Waals surface area (Å²) in [5.74, 6) is 4.47. The van der Waals surface area contributed by atoms with Gasteiger partial charge in [-0.3, -0.25) is 0 Å². The standard InChI is InChI=1S/C13H21N/c1-2-14-8-12-11-4-9-3-10(5-11)7-13(1,12)6-9/h9-12,14H,1-8H2. The molecule has 3 atom stereocenters. The first-order valence-corrected chi connectivity index (χ1v) is 6.56. The monoisotopic (exact) mass is 191 g/mol. The smallest absolute Gasteiger partial charge is 0.00125 e. The molecular formula is C13H21N. The van der Waals surface area contributed by atoms with Crippen molar-refractivity contribution in [3.05, 3.63) is 0 Å². The summed E-state index contributed by atoms with van der Waals surface area (Å²) in [6, 6.07) is 0. The average Bonchev–Trinajstić information content (AvgIpc) is 2.15. The Labute approximate surface area is 86.6 Å². The molecule has 78 valence electrons. The van der Waals surface area contributed by atoms with E-state index in [-0.39, 0.29) is 0 Å². The minimum absolute atomic E-state index is 0.833. The minimum atomic E-state index is 0.833. The molecule has 0 radical (unpaired) electrons. The fourth-order valence-electron chi connectivity index (χ4n) is 5.68. The molecule has 4 saturated carbocycles. The highest BCUT2D eigenvalue weighted by Crippen LogP contribution is 2.64. The van der Waals surface area contributed by atoms with Crippen LogP contribution in [0.25, 0.3) is 0 Å². The normalized spacial score (nSPS) is 60.0. The molecule has 0 aromatic rings. The van der Waals surface area contributed by atoms with Gasteiger partial charge in [0, 0.05) is 0 Å². The molecular weight excluding hydrogens is 170 g/mol. The average molecular weight is 191 g/mol. The van der Waals surface area contributed by atoms with Crippen molar-refractivity contribution in [2.75, 3.05) is 13.1 Å². The van der Waals surface area contributed by atoms with E-state index in [1.807, 2.05) is 0 Å². The van der Waals surface area contributed by atoms with Crippen molar-refractivity contribution < 1.29 is 0 Å². The second-order valence-corrected chi connectivity index (χ2v) is 6.53. The summed E-state index contributed by atoms with van der Waals surface area (Å²) < 4.78 is 0. The van der Waals surface area contributed by atoms with Crippen molar-refractivity contribution in [1.82, 2.24) is 5.32 Å². The Balaban J connectivity index is 1.75. The summed E-state index contributed by atoms with van der Waals surface area (Å²) in [5, 5.41) is 3.64. The van der Waals surface area contributed by atoms with Crippen LogP contribution < -0.4 is 5.32 Å². The van der Waals surface area contributed by atoms with Gasteiger partial charge in [-0.1, -0.05) is 0 Å². The molecule has 1 heteroatoms. The summed E-state index contributed by atoms with van der Waals surface area (Å²) in [6.45, 7) is 2.66. The maximum atomic E-state index is 3.64. The molecule has 1 N–H and O–H groups in total. The SMILES string of the molecule is C1CC23CC4CC(CC(C4)C2CN1)C3. The lowest BCUT2D eigenvalue weighted by Crippen LogP contribution is -2.58. The van der Waals surface area contributed by atoms with Crippen LogP contribution in [0.5, 0.6) is 0 Å². The van der Waals surface area contributed by atoms with Crippen LogP contribution in [0.3, 0.4) is 0 Å². The first-order chi connectivity index (χ1) is 6.86. The lowest BCUT2D eigenvalue weighted by molar-refractivity contribution is -0.122. The second-order valence-electron chi connectivity index (χ2n) is 6.53. The molecule has 1 aliphatic heterocycles. The van der Waals surface area contributed by atoms with Crippen LogP contribution in [-0.4, -0.2) is 13.1 Å². The van der Waals surface area contributed by atoms with Gasteiger partial charge in [-0.05, 0) is 80.7 Å².